The van der Waals surface area contributed by atoms with Crippen LogP contribution in [0.1, 0.15) is 52.4 Å². The molecule has 3 aromatic rings. The number of aryl methyl sites for hydroxylation is 2. The Morgan fingerprint density at radius 1 is 0.906 bits per heavy atom. The van der Waals surface area contributed by atoms with Crippen molar-refractivity contribution in [3.8, 4) is 5.75 Å². The topological polar surface area (TPSA) is 67.4 Å². The van der Waals surface area contributed by atoms with E-state index in [0.717, 1.165) is 24.8 Å². The lowest BCUT2D eigenvalue weighted by molar-refractivity contribution is -0.116. The van der Waals surface area contributed by atoms with Gasteiger partial charge in [-0.15, -0.1) is 0 Å². The minimum atomic E-state index is -0.451. The Kier molecular flexibility index (Phi) is 6.85. The Labute approximate surface area is 188 Å². The van der Waals surface area contributed by atoms with E-state index >= 15 is 0 Å². The van der Waals surface area contributed by atoms with Gasteiger partial charge in [-0.3, -0.25) is 9.59 Å². The molecule has 0 unspecified atom stereocenters. The van der Waals surface area contributed by atoms with Gasteiger partial charge in [-0.1, -0.05) is 48.5 Å². The summed E-state index contributed by atoms with van der Waals surface area (Å²) < 4.78 is 5.54. The van der Waals surface area contributed by atoms with Gasteiger partial charge in [0.1, 0.15) is 5.75 Å². The van der Waals surface area contributed by atoms with Gasteiger partial charge in [0.2, 0.25) is 5.91 Å². The zero-order valence-electron chi connectivity index (χ0n) is 18.3. The lowest BCUT2D eigenvalue weighted by Gasteiger charge is -2.21. The quantitative estimate of drug-likeness (QED) is 0.552. The Morgan fingerprint density at radius 3 is 2.19 bits per heavy atom. The number of methoxy groups -OCH3 is 1. The molecule has 5 heteroatoms. The highest BCUT2D eigenvalue weighted by Crippen LogP contribution is 2.33. The molecular weight excluding hydrogens is 400 g/mol. The highest BCUT2D eigenvalue weighted by molar-refractivity contribution is 5.96. The summed E-state index contributed by atoms with van der Waals surface area (Å²) in [6.45, 7) is 0. The molecule has 0 heterocycles. The van der Waals surface area contributed by atoms with Gasteiger partial charge >= 0.3 is 0 Å². The van der Waals surface area contributed by atoms with Gasteiger partial charge in [0.05, 0.1) is 25.3 Å². The average Bonchev–Trinajstić information content (AvgIpc) is 2.84. The van der Waals surface area contributed by atoms with Crippen LogP contribution >= 0.6 is 0 Å². The zero-order chi connectivity index (χ0) is 22.3. The predicted octanol–water partition coefficient (Wildman–Crippen LogP) is 5.07. The van der Waals surface area contributed by atoms with E-state index in [1.165, 1.54) is 17.5 Å². The molecule has 0 bridgehead atoms. The van der Waals surface area contributed by atoms with E-state index in [4.69, 9.17) is 4.74 Å². The summed E-state index contributed by atoms with van der Waals surface area (Å²) in [7, 11) is 1.62. The van der Waals surface area contributed by atoms with E-state index in [2.05, 4.69) is 10.6 Å². The smallest absolute Gasteiger partial charge is 0.251 e. The Morgan fingerprint density at radius 2 is 1.53 bits per heavy atom. The van der Waals surface area contributed by atoms with Gasteiger partial charge in [0, 0.05) is 5.56 Å². The fraction of sp³-hybridized carbons (Fsp3) is 0.259. The third-order valence-corrected chi connectivity index (χ3v) is 5.87. The fourth-order valence-corrected chi connectivity index (χ4v) is 4.18. The number of carbonyl (C=O) groups excluding carboxylic acids is 2. The molecule has 4 rings (SSSR count). The maximum absolute atomic E-state index is 13.0. The number of fused-ring (bicyclic) bond motifs is 1. The van der Waals surface area contributed by atoms with Crippen LogP contribution in [0, 0.1) is 0 Å². The molecule has 2 amide bonds. The second kappa shape index (κ2) is 10.1. The van der Waals surface area contributed by atoms with Crippen LogP contribution in [0.25, 0.3) is 0 Å². The standard InChI is InChI=1S/C27H28N2O3/c1-32-25-17-22-15-9-8-14-21(22)16-24(25)28-26(30)18-23(19-10-4-2-5-11-19)29-27(31)20-12-6-3-7-13-20/h2-7,10-13,16-17,23H,8-9,14-15,18H2,1H3,(H,28,30)(H,29,31)/t23-/m1/s1. The second-order valence-corrected chi connectivity index (χ2v) is 8.08. The van der Waals surface area contributed by atoms with Crippen LogP contribution in [0.4, 0.5) is 5.69 Å². The van der Waals surface area contributed by atoms with Gasteiger partial charge in [-0.2, -0.15) is 0 Å². The first kappa shape index (κ1) is 21.6. The monoisotopic (exact) mass is 428 g/mol. The van der Waals surface area contributed by atoms with E-state index in [-0.39, 0.29) is 18.2 Å². The number of anilines is 1. The third kappa shape index (κ3) is 5.17. The van der Waals surface area contributed by atoms with E-state index < -0.39 is 6.04 Å². The van der Waals surface area contributed by atoms with E-state index in [1.807, 2.05) is 60.7 Å². The maximum atomic E-state index is 13.0. The van der Waals surface area contributed by atoms with Crippen LogP contribution in [-0.4, -0.2) is 18.9 Å². The lowest BCUT2D eigenvalue weighted by atomic mass is 9.91. The molecule has 1 aliphatic rings. The number of hydrogen-bond donors (Lipinski definition) is 2. The van der Waals surface area contributed by atoms with Gasteiger partial charge in [-0.25, -0.2) is 0 Å². The lowest BCUT2D eigenvalue weighted by Crippen LogP contribution is -2.31. The van der Waals surface area contributed by atoms with Crippen LogP contribution in [0.2, 0.25) is 0 Å². The minimum absolute atomic E-state index is 0.114. The van der Waals surface area contributed by atoms with Crippen molar-refractivity contribution in [1.82, 2.24) is 5.32 Å². The molecule has 164 valence electrons. The zero-order valence-corrected chi connectivity index (χ0v) is 18.3. The van der Waals surface area contributed by atoms with Gasteiger partial charge < -0.3 is 15.4 Å². The maximum Gasteiger partial charge on any atom is 0.251 e. The Hall–Kier alpha value is -3.60. The van der Waals surface area contributed by atoms with Crippen LogP contribution in [0.15, 0.2) is 72.8 Å². The molecule has 0 aliphatic heterocycles. The molecule has 0 spiro atoms. The third-order valence-electron chi connectivity index (χ3n) is 5.87. The van der Waals surface area contributed by atoms with E-state index in [9.17, 15) is 9.59 Å². The van der Waals surface area contributed by atoms with Crippen LogP contribution < -0.4 is 15.4 Å². The summed E-state index contributed by atoms with van der Waals surface area (Å²) in [5.41, 5.74) is 4.68. The van der Waals surface area contributed by atoms with Crippen LogP contribution in [0.5, 0.6) is 5.75 Å². The molecule has 2 N–H and O–H groups in total. The van der Waals surface area contributed by atoms with Crippen LogP contribution in [0.3, 0.4) is 0 Å². The first-order valence-corrected chi connectivity index (χ1v) is 11.0. The number of nitrogens with one attached hydrogen (secondary N) is 2. The van der Waals surface area contributed by atoms with Crippen molar-refractivity contribution in [3.05, 3.63) is 95.1 Å². The van der Waals surface area contributed by atoms with Crippen molar-refractivity contribution in [3.63, 3.8) is 0 Å². The average molecular weight is 429 g/mol. The number of rotatable bonds is 7. The Balaban J connectivity index is 1.52. The van der Waals surface area contributed by atoms with Crippen molar-refractivity contribution >= 4 is 17.5 Å². The molecule has 0 radical (unpaired) electrons. The summed E-state index contributed by atoms with van der Waals surface area (Å²) in [6, 6.07) is 22.2. The molecule has 0 saturated heterocycles. The number of amides is 2. The highest BCUT2D eigenvalue weighted by atomic mass is 16.5. The van der Waals surface area contributed by atoms with E-state index in [1.54, 1.807) is 19.2 Å². The summed E-state index contributed by atoms with van der Waals surface area (Å²) in [5, 5.41) is 6.02. The van der Waals surface area contributed by atoms with E-state index in [0.29, 0.717) is 17.0 Å². The normalized spacial score (nSPS) is 13.5. The first-order valence-electron chi connectivity index (χ1n) is 11.0. The molecule has 3 aromatic carbocycles. The van der Waals surface area contributed by atoms with Crippen molar-refractivity contribution in [2.45, 2.75) is 38.1 Å². The number of ether oxygens (including phenoxy) is 1. The van der Waals surface area contributed by atoms with Gasteiger partial charge in [0.25, 0.3) is 5.91 Å². The summed E-state index contributed by atoms with van der Waals surface area (Å²) in [6.07, 6.45) is 4.52. The first-order chi connectivity index (χ1) is 15.6. The van der Waals surface area contributed by atoms with Gasteiger partial charge in [0.15, 0.2) is 0 Å². The largest absolute Gasteiger partial charge is 0.495 e. The molecule has 5 nitrogen and oxygen atoms in total. The highest BCUT2D eigenvalue weighted by Gasteiger charge is 2.21. The van der Waals surface area contributed by atoms with Crippen molar-refractivity contribution in [2.24, 2.45) is 0 Å². The van der Waals surface area contributed by atoms with Crippen molar-refractivity contribution < 1.29 is 14.3 Å². The Bertz CT molecular complexity index is 1080. The van der Waals surface area contributed by atoms with Crippen molar-refractivity contribution in [1.29, 1.82) is 0 Å². The SMILES string of the molecule is COc1cc2c(cc1NC(=O)C[C@@H](NC(=O)c1ccccc1)c1ccccc1)CCCC2. The summed E-state index contributed by atoms with van der Waals surface area (Å²) in [4.78, 5) is 25.8. The number of hydrogen-bond acceptors (Lipinski definition) is 3. The molecule has 1 atom stereocenters. The predicted molar refractivity (Wildman–Crippen MR) is 126 cm³/mol. The molecule has 1 aliphatic carbocycles. The molecule has 0 fully saturated rings. The second-order valence-electron chi connectivity index (χ2n) is 8.08. The van der Waals surface area contributed by atoms with Crippen LogP contribution in [-0.2, 0) is 17.6 Å². The molecule has 0 aromatic heterocycles. The van der Waals surface area contributed by atoms with Crippen molar-refractivity contribution in [2.75, 3.05) is 12.4 Å². The molecule has 0 saturated carbocycles. The molecule has 32 heavy (non-hydrogen) atoms. The summed E-state index contributed by atoms with van der Waals surface area (Å²) in [5.74, 6) is 0.281. The minimum Gasteiger partial charge on any atom is -0.495 e. The summed E-state index contributed by atoms with van der Waals surface area (Å²) >= 11 is 0. The fourth-order valence-electron chi connectivity index (χ4n) is 4.18. The van der Waals surface area contributed by atoms with Gasteiger partial charge in [-0.05, 0) is 66.6 Å². The molecular formula is C27H28N2O3. The number of carbonyl (C=O) groups is 2. The number of benzene rings is 3.